The third-order valence-electron chi connectivity index (χ3n) is 3.61. The van der Waals surface area contributed by atoms with E-state index in [-0.39, 0.29) is 30.3 Å². The van der Waals surface area contributed by atoms with Crippen molar-refractivity contribution in [3.63, 3.8) is 0 Å². The highest BCUT2D eigenvalue weighted by Gasteiger charge is 2.26. The van der Waals surface area contributed by atoms with Crippen LogP contribution in [0.1, 0.15) is 31.2 Å². The molecule has 0 aliphatic heterocycles. The van der Waals surface area contributed by atoms with E-state index in [0.717, 1.165) is 25.7 Å². The summed E-state index contributed by atoms with van der Waals surface area (Å²) >= 11 is 0. The SMILES string of the molecule is COC1CCCC(Oc2cc(CO)ccc2[N+](=O)[O-])C1. The van der Waals surface area contributed by atoms with Crippen LogP contribution in [0.4, 0.5) is 5.69 Å². The molecule has 1 aliphatic carbocycles. The van der Waals surface area contributed by atoms with Crippen molar-refractivity contribution in [1.82, 2.24) is 0 Å². The van der Waals surface area contributed by atoms with E-state index < -0.39 is 4.92 Å². The third kappa shape index (κ3) is 3.46. The molecule has 6 heteroatoms. The van der Waals surface area contributed by atoms with Crippen molar-refractivity contribution in [2.24, 2.45) is 0 Å². The van der Waals surface area contributed by atoms with Crippen LogP contribution in [-0.4, -0.2) is 29.3 Å². The van der Waals surface area contributed by atoms with Gasteiger partial charge in [-0.05, 0) is 37.0 Å². The molecule has 2 unspecified atom stereocenters. The fourth-order valence-electron chi connectivity index (χ4n) is 2.50. The molecule has 0 bridgehead atoms. The summed E-state index contributed by atoms with van der Waals surface area (Å²) in [7, 11) is 1.67. The Bertz CT molecular complexity index is 477. The summed E-state index contributed by atoms with van der Waals surface area (Å²) in [6, 6.07) is 4.44. The largest absolute Gasteiger partial charge is 0.483 e. The van der Waals surface area contributed by atoms with Gasteiger partial charge in [-0.3, -0.25) is 10.1 Å². The fraction of sp³-hybridized carbons (Fsp3) is 0.571. The Hall–Kier alpha value is -1.66. The van der Waals surface area contributed by atoms with E-state index in [0.29, 0.717) is 5.56 Å². The average Bonchev–Trinajstić information content (AvgIpc) is 2.47. The van der Waals surface area contributed by atoms with Crippen LogP contribution in [-0.2, 0) is 11.3 Å². The van der Waals surface area contributed by atoms with Crippen LogP contribution in [0.2, 0.25) is 0 Å². The number of aliphatic hydroxyl groups excluding tert-OH is 1. The highest BCUT2D eigenvalue weighted by Crippen LogP contribution is 2.32. The van der Waals surface area contributed by atoms with E-state index in [2.05, 4.69) is 0 Å². The maximum Gasteiger partial charge on any atom is 0.310 e. The van der Waals surface area contributed by atoms with Gasteiger partial charge >= 0.3 is 5.69 Å². The molecule has 6 nitrogen and oxygen atoms in total. The summed E-state index contributed by atoms with van der Waals surface area (Å²) in [5.74, 6) is 0.225. The Morgan fingerprint density at radius 1 is 1.40 bits per heavy atom. The molecule has 0 saturated heterocycles. The minimum Gasteiger partial charge on any atom is -0.483 e. The van der Waals surface area contributed by atoms with Gasteiger partial charge in [-0.25, -0.2) is 0 Å². The average molecular weight is 281 g/mol. The van der Waals surface area contributed by atoms with Crippen molar-refractivity contribution in [3.8, 4) is 5.75 Å². The standard InChI is InChI=1S/C14H19NO5/c1-19-11-3-2-4-12(8-11)20-14-7-10(9-16)5-6-13(14)15(17)18/h5-7,11-12,16H,2-4,8-9H2,1H3. The first kappa shape index (κ1) is 14.7. The van der Waals surface area contributed by atoms with Gasteiger partial charge < -0.3 is 14.6 Å². The molecule has 110 valence electrons. The van der Waals surface area contributed by atoms with Crippen LogP contribution >= 0.6 is 0 Å². The number of ether oxygens (including phenoxy) is 2. The van der Waals surface area contributed by atoms with Gasteiger partial charge in [-0.15, -0.1) is 0 Å². The number of rotatable bonds is 5. The molecule has 1 saturated carbocycles. The zero-order valence-electron chi connectivity index (χ0n) is 11.4. The van der Waals surface area contributed by atoms with Crippen molar-refractivity contribution in [2.75, 3.05) is 7.11 Å². The summed E-state index contributed by atoms with van der Waals surface area (Å²) in [5, 5.41) is 20.2. The molecule has 20 heavy (non-hydrogen) atoms. The number of aliphatic hydroxyl groups is 1. The van der Waals surface area contributed by atoms with Crippen LogP contribution in [0.3, 0.4) is 0 Å². The lowest BCUT2D eigenvalue weighted by molar-refractivity contribution is -0.386. The van der Waals surface area contributed by atoms with E-state index in [1.807, 2.05) is 0 Å². The smallest absolute Gasteiger partial charge is 0.310 e. The molecule has 1 fully saturated rings. The van der Waals surface area contributed by atoms with Crippen LogP contribution in [0, 0.1) is 10.1 Å². The van der Waals surface area contributed by atoms with E-state index in [1.54, 1.807) is 7.11 Å². The van der Waals surface area contributed by atoms with Crippen molar-refractivity contribution < 1.29 is 19.5 Å². The highest BCUT2D eigenvalue weighted by atomic mass is 16.6. The molecular formula is C14H19NO5. The second kappa shape index (κ2) is 6.67. The molecule has 2 rings (SSSR count). The Labute approximate surface area is 117 Å². The summed E-state index contributed by atoms with van der Waals surface area (Å²) < 4.78 is 11.1. The number of benzene rings is 1. The van der Waals surface area contributed by atoms with Gasteiger partial charge in [-0.2, -0.15) is 0 Å². The first-order valence-electron chi connectivity index (χ1n) is 6.71. The molecule has 0 aromatic heterocycles. The molecule has 0 heterocycles. The minimum atomic E-state index is -0.465. The second-order valence-electron chi connectivity index (χ2n) is 4.98. The van der Waals surface area contributed by atoms with Crippen molar-refractivity contribution in [3.05, 3.63) is 33.9 Å². The van der Waals surface area contributed by atoms with Gasteiger partial charge in [0.2, 0.25) is 0 Å². The predicted octanol–water partition coefficient (Wildman–Crippen LogP) is 2.42. The van der Waals surface area contributed by atoms with Gasteiger partial charge in [0, 0.05) is 19.6 Å². The molecule has 1 aliphatic rings. The lowest BCUT2D eigenvalue weighted by Gasteiger charge is -2.28. The zero-order chi connectivity index (χ0) is 14.5. The third-order valence-corrected chi connectivity index (χ3v) is 3.61. The number of hydrogen-bond acceptors (Lipinski definition) is 5. The van der Waals surface area contributed by atoms with Crippen LogP contribution < -0.4 is 4.74 Å². The Morgan fingerprint density at radius 2 is 2.15 bits per heavy atom. The van der Waals surface area contributed by atoms with Crippen molar-refractivity contribution in [1.29, 1.82) is 0 Å². The molecule has 2 atom stereocenters. The highest BCUT2D eigenvalue weighted by molar-refractivity contribution is 5.48. The van der Waals surface area contributed by atoms with E-state index in [9.17, 15) is 10.1 Å². The van der Waals surface area contributed by atoms with E-state index >= 15 is 0 Å². The molecule has 1 aromatic rings. The summed E-state index contributed by atoms with van der Waals surface area (Å²) in [6.45, 7) is -0.167. The number of nitro benzene ring substituents is 1. The Morgan fingerprint density at radius 3 is 2.80 bits per heavy atom. The second-order valence-corrected chi connectivity index (χ2v) is 4.98. The van der Waals surface area contributed by atoms with E-state index in [4.69, 9.17) is 14.6 Å². The first-order valence-corrected chi connectivity index (χ1v) is 6.71. The van der Waals surface area contributed by atoms with Gasteiger partial charge in [-0.1, -0.05) is 0 Å². The maximum absolute atomic E-state index is 11.0. The maximum atomic E-state index is 11.0. The van der Waals surface area contributed by atoms with Crippen molar-refractivity contribution >= 4 is 5.69 Å². The van der Waals surface area contributed by atoms with Gasteiger partial charge in [0.1, 0.15) is 6.10 Å². The quantitative estimate of drug-likeness (QED) is 0.662. The summed E-state index contributed by atoms with van der Waals surface area (Å²) in [6.07, 6.45) is 3.64. The molecule has 1 aromatic carbocycles. The Balaban J connectivity index is 2.16. The van der Waals surface area contributed by atoms with Gasteiger partial charge in [0.05, 0.1) is 17.6 Å². The van der Waals surface area contributed by atoms with Gasteiger partial charge in [0.25, 0.3) is 0 Å². The minimum absolute atomic E-state index is 0.0678. The summed E-state index contributed by atoms with van der Waals surface area (Å²) in [5.41, 5.74) is 0.534. The number of methoxy groups -OCH3 is 1. The number of hydrogen-bond donors (Lipinski definition) is 1. The molecular weight excluding hydrogens is 262 g/mol. The summed E-state index contributed by atoms with van der Waals surface area (Å²) in [4.78, 5) is 10.6. The Kier molecular flexibility index (Phi) is 4.92. The zero-order valence-corrected chi connectivity index (χ0v) is 11.4. The monoisotopic (exact) mass is 281 g/mol. The molecule has 0 amide bonds. The van der Waals surface area contributed by atoms with Crippen molar-refractivity contribution in [2.45, 2.75) is 44.5 Å². The first-order chi connectivity index (χ1) is 9.63. The topological polar surface area (TPSA) is 81.8 Å². The van der Waals surface area contributed by atoms with Gasteiger partial charge in [0.15, 0.2) is 5.75 Å². The molecule has 0 spiro atoms. The van der Waals surface area contributed by atoms with Crippen LogP contribution in [0.25, 0.3) is 0 Å². The lowest BCUT2D eigenvalue weighted by Crippen LogP contribution is -2.29. The number of nitro groups is 1. The van der Waals surface area contributed by atoms with Crippen LogP contribution in [0.15, 0.2) is 18.2 Å². The van der Waals surface area contributed by atoms with Crippen LogP contribution in [0.5, 0.6) is 5.75 Å². The fourth-order valence-corrected chi connectivity index (χ4v) is 2.50. The number of nitrogens with zero attached hydrogens (tertiary/aromatic N) is 1. The molecule has 0 radical (unpaired) electrons. The van der Waals surface area contributed by atoms with E-state index in [1.165, 1.54) is 18.2 Å². The predicted molar refractivity (Wildman–Crippen MR) is 72.7 cm³/mol. The lowest BCUT2D eigenvalue weighted by atomic mass is 9.95. The normalized spacial score (nSPS) is 22.5. The molecule has 1 N–H and O–H groups in total.